The fraction of sp³-hybridized carbons (Fsp3) is 0.391. The summed E-state index contributed by atoms with van der Waals surface area (Å²) < 4.78 is 28.6. The van der Waals surface area contributed by atoms with E-state index < -0.39 is 6.55 Å². The quantitative estimate of drug-likeness (QED) is 0.648. The Balaban J connectivity index is 1.39. The highest BCUT2D eigenvalue weighted by molar-refractivity contribution is 5.78. The molecule has 1 amide bonds. The van der Waals surface area contributed by atoms with Crippen LogP contribution in [0.2, 0.25) is 0 Å². The summed E-state index contributed by atoms with van der Waals surface area (Å²) in [7, 11) is 0. The van der Waals surface area contributed by atoms with Crippen molar-refractivity contribution in [1.29, 1.82) is 0 Å². The monoisotopic (exact) mass is 412 g/mol. The molecule has 2 aromatic carbocycles. The van der Waals surface area contributed by atoms with Crippen LogP contribution >= 0.6 is 0 Å². The summed E-state index contributed by atoms with van der Waals surface area (Å²) >= 11 is 0. The third-order valence-corrected chi connectivity index (χ3v) is 5.95. The van der Waals surface area contributed by atoms with Gasteiger partial charge in [0, 0.05) is 12.5 Å². The molecule has 0 saturated carbocycles. The lowest BCUT2D eigenvalue weighted by Crippen LogP contribution is -2.41. The Kier molecular flexibility index (Phi) is 6.08. The molecule has 30 heavy (non-hydrogen) atoms. The topological polar surface area (TPSA) is 50.2 Å². The van der Waals surface area contributed by atoms with Crippen LogP contribution in [0.3, 0.4) is 0 Å². The second kappa shape index (κ2) is 8.92. The molecule has 158 valence electrons. The van der Waals surface area contributed by atoms with Crippen molar-refractivity contribution in [3.63, 3.8) is 0 Å². The average molecular weight is 412 g/mol. The van der Waals surface area contributed by atoms with Gasteiger partial charge in [0.2, 0.25) is 5.91 Å². The fourth-order valence-corrected chi connectivity index (χ4v) is 4.20. The molecular weight excluding hydrogens is 386 g/mol. The number of carbonyl (C=O) groups is 1. The maximum Gasteiger partial charge on any atom is 0.320 e. The predicted molar refractivity (Wildman–Crippen MR) is 112 cm³/mol. The van der Waals surface area contributed by atoms with E-state index in [-0.39, 0.29) is 17.9 Å². The van der Waals surface area contributed by atoms with Gasteiger partial charge in [-0.25, -0.2) is 4.98 Å². The zero-order valence-electron chi connectivity index (χ0n) is 17.0. The number of aromatic nitrogens is 2. The van der Waals surface area contributed by atoms with Gasteiger partial charge < -0.3 is 5.32 Å². The number of nitrogens with zero attached hydrogens (tertiary/aromatic N) is 3. The summed E-state index contributed by atoms with van der Waals surface area (Å²) in [5.74, 6) is 0.384. The van der Waals surface area contributed by atoms with E-state index in [1.807, 2.05) is 37.3 Å². The van der Waals surface area contributed by atoms with Crippen molar-refractivity contribution < 1.29 is 13.6 Å². The summed E-state index contributed by atoms with van der Waals surface area (Å²) in [6.45, 7) is 1.15. The molecule has 1 saturated heterocycles. The Morgan fingerprint density at radius 3 is 2.47 bits per heavy atom. The minimum Gasteiger partial charge on any atom is -0.352 e. The van der Waals surface area contributed by atoms with E-state index in [0.717, 1.165) is 10.1 Å². The number of para-hydroxylation sites is 2. The van der Waals surface area contributed by atoms with Gasteiger partial charge in [0.05, 0.1) is 17.1 Å². The first-order valence-corrected chi connectivity index (χ1v) is 10.4. The number of fused-ring (bicyclic) bond motifs is 1. The van der Waals surface area contributed by atoms with Gasteiger partial charge in [-0.3, -0.25) is 14.3 Å². The first-order chi connectivity index (χ1) is 14.5. The summed E-state index contributed by atoms with van der Waals surface area (Å²) in [6, 6.07) is 16.6. The van der Waals surface area contributed by atoms with Gasteiger partial charge in [-0.1, -0.05) is 42.5 Å². The summed E-state index contributed by atoms with van der Waals surface area (Å²) in [6.07, 6.45) is 1.42. The summed E-state index contributed by atoms with van der Waals surface area (Å²) in [5, 5.41) is 3.01. The van der Waals surface area contributed by atoms with Gasteiger partial charge in [-0.2, -0.15) is 8.78 Å². The largest absolute Gasteiger partial charge is 0.352 e. The Hall–Kier alpha value is -2.80. The number of rotatable bonds is 6. The number of carbonyl (C=O) groups excluding carboxylic acids is 1. The van der Waals surface area contributed by atoms with E-state index in [4.69, 9.17) is 0 Å². The van der Waals surface area contributed by atoms with Crippen molar-refractivity contribution in [3.8, 4) is 0 Å². The maximum absolute atomic E-state index is 13.8. The Morgan fingerprint density at radius 2 is 1.77 bits per heavy atom. The van der Waals surface area contributed by atoms with Gasteiger partial charge in [-0.05, 0) is 50.6 Å². The molecule has 1 fully saturated rings. The molecule has 0 aliphatic carbocycles. The normalized spacial score (nSPS) is 16.8. The molecule has 1 aliphatic heterocycles. The molecule has 0 bridgehead atoms. The minimum atomic E-state index is -2.64. The number of benzene rings is 2. The van der Waals surface area contributed by atoms with Crippen LogP contribution in [0.15, 0.2) is 54.6 Å². The van der Waals surface area contributed by atoms with Gasteiger partial charge >= 0.3 is 6.55 Å². The second-order valence-electron chi connectivity index (χ2n) is 7.80. The Morgan fingerprint density at radius 1 is 1.10 bits per heavy atom. The number of alkyl halides is 2. The number of nitrogens with one attached hydrogen (secondary N) is 1. The van der Waals surface area contributed by atoms with Crippen LogP contribution < -0.4 is 5.32 Å². The van der Waals surface area contributed by atoms with Crippen LogP contribution in [0, 0.1) is 5.92 Å². The van der Waals surface area contributed by atoms with Crippen LogP contribution in [0.25, 0.3) is 11.0 Å². The molecule has 1 unspecified atom stereocenters. The SMILES string of the molecule is CC(c1nc2ccccc2n1C(F)F)N1CCC(C(=O)NCc2ccccc2)CC1. The molecule has 1 aromatic heterocycles. The van der Waals surface area contributed by atoms with Crippen LogP contribution in [0.1, 0.15) is 43.7 Å². The fourth-order valence-electron chi connectivity index (χ4n) is 4.20. The zero-order chi connectivity index (χ0) is 21.1. The van der Waals surface area contributed by atoms with Gasteiger partial charge in [-0.15, -0.1) is 0 Å². The lowest BCUT2D eigenvalue weighted by atomic mass is 9.94. The molecule has 1 N–H and O–H groups in total. The molecule has 5 nitrogen and oxygen atoms in total. The molecule has 1 aliphatic rings. The molecule has 0 radical (unpaired) electrons. The second-order valence-corrected chi connectivity index (χ2v) is 7.80. The standard InChI is InChI=1S/C23H26F2N4O/c1-16(21-27-19-9-5-6-10-20(19)29(21)23(24)25)28-13-11-18(12-14-28)22(30)26-15-17-7-3-2-4-8-17/h2-10,16,18,23H,11-15H2,1H3,(H,26,30). The van der Waals surface area contributed by atoms with Crippen molar-refractivity contribution in [2.24, 2.45) is 5.92 Å². The van der Waals surface area contributed by atoms with Crippen molar-refractivity contribution in [2.45, 2.75) is 38.9 Å². The summed E-state index contributed by atoms with van der Waals surface area (Å²) in [4.78, 5) is 19.2. The highest BCUT2D eigenvalue weighted by atomic mass is 19.3. The van der Waals surface area contributed by atoms with Crippen molar-refractivity contribution in [3.05, 3.63) is 66.0 Å². The highest BCUT2D eigenvalue weighted by Gasteiger charge is 2.31. The maximum atomic E-state index is 13.8. The van der Waals surface area contributed by atoms with E-state index in [1.54, 1.807) is 24.3 Å². The van der Waals surface area contributed by atoms with Crippen molar-refractivity contribution in [2.75, 3.05) is 13.1 Å². The number of hydrogen-bond donors (Lipinski definition) is 1. The lowest BCUT2D eigenvalue weighted by Gasteiger charge is -2.35. The molecule has 2 heterocycles. The van der Waals surface area contributed by atoms with Gasteiger partial charge in [0.25, 0.3) is 0 Å². The average Bonchev–Trinajstić information content (AvgIpc) is 3.17. The first-order valence-electron chi connectivity index (χ1n) is 10.4. The molecular formula is C23H26F2N4O. The van der Waals surface area contributed by atoms with Crippen molar-refractivity contribution in [1.82, 2.24) is 19.8 Å². The van der Waals surface area contributed by atoms with Gasteiger partial charge in [0.15, 0.2) is 0 Å². The highest BCUT2D eigenvalue weighted by Crippen LogP contribution is 2.31. The molecule has 0 spiro atoms. The zero-order valence-corrected chi connectivity index (χ0v) is 17.0. The summed E-state index contributed by atoms with van der Waals surface area (Å²) in [5.41, 5.74) is 2.10. The molecule has 1 atom stereocenters. The minimum absolute atomic E-state index is 0.0499. The molecule has 4 rings (SSSR count). The van der Waals surface area contributed by atoms with Gasteiger partial charge in [0.1, 0.15) is 5.82 Å². The molecule has 3 aromatic rings. The smallest absolute Gasteiger partial charge is 0.320 e. The van der Waals surface area contributed by atoms with Crippen LogP contribution in [0.5, 0.6) is 0 Å². The van der Waals surface area contributed by atoms with E-state index in [2.05, 4.69) is 15.2 Å². The van der Waals surface area contributed by atoms with E-state index in [1.165, 1.54) is 0 Å². The van der Waals surface area contributed by atoms with Crippen LogP contribution in [-0.2, 0) is 11.3 Å². The third-order valence-electron chi connectivity index (χ3n) is 5.95. The number of imidazole rings is 1. The van der Waals surface area contributed by atoms with E-state index in [9.17, 15) is 13.6 Å². The molecule has 7 heteroatoms. The number of likely N-dealkylation sites (tertiary alicyclic amines) is 1. The van der Waals surface area contributed by atoms with Crippen LogP contribution in [-0.4, -0.2) is 33.4 Å². The Labute approximate surface area is 174 Å². The van der Waals surface area contributed by atoms with Crippen molar-refractivity contribution >= 4 is 16.9 Å². The van der Waals surface area contributed by atoms with Crippen LogP contribution in [0.4, 0.5) is 8.78 Å². The van der Waals surface area contributed by atoms with E-state index >= 15 is 0 Å². The Bertz CT molecular complexity index is 997. The number of piperidine rings is 1. The van der Waals surface area contributed by atoms with E-state index in [0.29, 0.717) is 49.3 Å². The first kappa shape index (κ1) is 20.5. The third kappa shape index (κ3) is 4.21. The predicted octanol–water partition coefficient (Wildman–Crippen LogP) is 4.52. The number of halogens is 2. The number of hydrogen-bond acceptors (Lipinski definition) is 3. The lowest BCUT2D eigenvalue weighted by molar-refractivity contribution is -0.126. The number of amides is 1.